The zero-order valence-corrected chi connectivity index (χ0v) is 20.7. The Morgan fingerprint density at radius 1 is 1.20 bits per heavy atom. The molecule has 2 aliphatic heterocycles. The van der Waals surface area contributed by atoms with Gasteiger partial charge in [-0.3, -0.25) is 9.59 Å². The maximum absolute atomic E-state index is 13.7. The third-order valence-electron chi connectivity index (χ3n) is 6.13. The van der Waals surface area contributed by atoms with Gasteiger partial charge in [0, 0.05) is 37.9 Å². The summed E-state index contributed by atoms with van der Waals surface area (Å²) in [6.45, 7) is 9.79. The van der Waals surface area contributed by atoms with Gasteiger partial charge in [-0.05, 0) is 39.2 Å². The van der Waals surface area contributed by atoms with Gasteiger partial charge in [0.2, 0.25) is 0 Å². The number of anilines is 1. The maximum Gasteiger partial charge on any atom is 0.410 e. The summed E-state index contributed by atoms with van der Waals surface area (Å²) >= 11 is 0. The fourth-order valence-corrected chi connectivity index (χ4v) is 4.55. The first-order valence-corrected chi connectivity index (χ1v) is 12.0. The van der Waals surface area contributed by atoms with Crippen molar-refractivity contribution in [3.63, 3.8) is 0 Å². The highest BCUT2D eigenvalue weighted by Crippen LogP contribution is 2.25. The van der Waals surface area contributed by atoms with E-state index in [9.17, 15) is 19.5 Å². The van der Waals surface area contributed by atoms with Crippen molar-refractivity contribution in [2.75, 3.05) is 44.3 Å². The second-order valence-electron chi connectivity index (χ2n) is 9.74. The molecule has 0 saturated carbocycles. The number of rotatable bonds is 5. The number of aromatic nitrogens is 3. The van der Waals surface area contributed by atoms with E-state index in [1.807, 2.05) is 38.7 Å². The molecule has 4 heterocycles. The summed E-state index contributed by atoms with van der Waals surface area (Å²) in [5.41, 5.74) is 2.28. The van der Waals surface area contributed by atoms with Gasteiger partial charge in [-0.2, -0.15) is 9.61 Å². The molecule has 0 spiro atoms. The molecule has 2 aliphatic rings. The van der Waals surface area contributed by atoms with Gasteiger partial charge in [0.1, 0.15) is 23.5 Å². The molecule has 1 fully saturated rings. The standard InChI is InChI=1S/C24H33N5O6/c1-5-18-21(26-8-10-27(11-9-26)23(33)35-24(2,3)4)22(32)29-19(28(18)15-20(30)31)14-17(25-29)16-6-12-34-13-7-16/h6,14H,5,7-13,15H2,1-4H3,(H,30,31). The van der Waals surface area contributed by atoms with Crippen LogP contribution in [0.25, 0.3) is 11.2 Å². The number of hydrogen-bond acceptors (Lipinski definition) is 7. The van der Waals surface area contributed by atoms with Crippen molar-refractivity contribution >= 4 is 29.0 Å². The van der Waals surface area contributed by atoms with Crippen LogP contribution in [0.1, 0.15) is 45.5 Å². The zero-order chi connectivity index (χ0) is 25.3. The number of aliphatic carboxylic acids is 1. The fourth-order valence-electron chi connectivity index (χ4n) is 4.55. The Balaban J connectivity index is 1.73. The largest absolute Gasteiger partial charge is 0.480 e. The number of carboxylic acids is 1. The number of nitrogens with zero attached hydrogens (tertiary/aromatic N) is 5. The Labute approximate surface area is 203 Å². The fraction of sp³-hybridized carbons (Fsp3) is 0.583. The minimum atomic E-state index is -1.00. The normalized spacial score (nSPS) is 17.0. The smallest absolute Gasteiger partial charge is 0.410 e. The zero-order valence-electron chi connectivity index (χ0n) is 20.7. The summed E-state index contributed by atoms with van der Waals surface area (Å²) in [6, 6.07) is 1.78. The molecule has 11 nitrogen and oxygen atoms in total. The Morgan fingerprint density at radius 2 is 1.91 bits per heavy atom. The Kier molecular flexibility index (Phi) is 6.88. The van der Waals surface area contributed by atoms with Crippen LogP contribution in [-0.2, 0) is 27.2 Å². The summed E-state index contributed by atoms with van der Waals surface area (Å²) in [6.07, 6.45) is 2.71. The quantitative estimate of drug-likeness (QED) is 0.680. The molecule has 190 valence electrons. The molecular formula is C24H33N5O6. The van der Waals surface area contributed by atoms with Crippen LogP contribution in [0, 0.1) is 0 Å². The van der Waals surface area contributed by atoms with Crippen LogP contribution in [0.5, 0.6) is 0 Å². The SMILES string of the molecule is CCc1c(N2CCN(C(=O)OC(C)(C)C)CC2)c(=O)n2nc(C3=CCOCC3)cc2n1CC(=O)O. The molecule has 0 atom stereocenters. The first kappa shape index (κ1) is 24.8. The number of carboxylic acid groups (broad SMARTS) is 1. The molecule has 0 bridgehead atoms. The van der Waals surface area contributed by atoms with Crippen LogP contribution >= 0.6 is 0 Å². The van der Waals surface area contributed by atoms with Gasteiger partial charge in [-0.25, -0.2) is 4.79 Å². The molecule has 0 unspecified atom stereocenters. The summed E-state index contributed by atoms with van der Waals surface area (Å²) < 4.78 is 13.8. The molecule has 2 aromatic rings. The number of ether oxygens (including phenoxy) is 2. The molecule has 0 aliphatic carbocycles. The van der Waals surface area contributed by atoms with Crippen molar-refractivity contribution < 1.29 is 24.2 Å². The number of amides is 1. The minimum absolute atomic E-state index is 0.287. The topological polar surface area (TPSA) is 119 Å². The van der Waals surface area contributed by atoms with Crippen molar-refractivity contribution in [3.05, 3.63) is 33.9 Å². The van der Waals surface area contributed by atoms with Crippen LogP contribution in [0.2, 0.25) is 0 Å². The van der Waals surface area contributed by atoms with E-state index in [1.165, 1.54) is 4.52 Å². The third kappa shape index (κ3) is 5.19. The van der Waals surface area contributed by atoms with Gasteiger partial charge >= 0.3 is 12.1 Å². The number of fused-ring (bicyclic) bond motifs is 1. The lowest BCUT2D eigenvalue weighted by molar-refractivity contribution is -0.137. The molecule has 0 radical (unpaired) electrons. The highest BCUT2D eigenvalue weighted by Gasteiger charge is 2.30. The molecule has 1 N–H and O–H groups in total. The lowest BCUT2D eigenvalue weighted by Crippen LogP contribution is -2.51. The Morgan fingerprint density at radius 3 is 2.49 bits per heavy atom. The van der Waals surface area contributed by atoms with Gasteiger partial charge in [-0.1, -0.05) is 13.0 Å². The summed E-state index contributed by atoms with van der Waals surface area (Å²) in [7, 11) is 0. The van der Waals surface area contributed by atoms with Crippen LogP contribution in [0.15, 0.2) is 16.9 Å². The number of hydrogen-bond donors (Lipinski definition) is 1. The second kappa shape index (κ2) is 9.73. The molecule has 11 heteroatoms. The van der Waals surface area contributed by atoms with Crippen LogP contribution in [0.4, 0.5) is 10.5 Å². The van der Waals surface area contributed by atoms with E-state index in [-0.39, 0.29) is 18.2 Å². The molecular weight excluding hydrogens is 454 g/mol. The molecule has 4 rings (SSSR count). The summed E-state index contributed by atoms with van der Waals surface area (Å²) in [5.74, 6) is -1.00. The third-order valence-corrected chi connectivity index (χ3v) is 6.13. The first-order valence-electron chi connectivity index (χ1n) is 12.0. The average Bonchev–Trinajstić information content (AvgIpc) is 3.26. The lowest BCUT2D eigenvalue weighted by Gasteiger charge is -2.37. The Bertz CT molecular complexity index is 1210. The van der Waals surface area contributed by atoms with Crippen LogP contribution in [-0.4, -0.2) is 81.2 Å². The van der Waals surface area contributed by atoms with E-state index in [4.69, 9.17) is 9.47 Å². The van der Waals surface area contributed by atoms with Crippen molar-refractivity contribution in [2.24, 2.45) is 0 Å². The van der Waals surface area contributed by atoms with E-state index < -0.39 is 11.6 Å². The first-order chi connectivity index (χ1) is 16.6. The number of carbonyl (C=O) groups excluding carboxylic acids is 1. The van der Waals surface area contributed by atoms with Crippen molar-refractivity contribution in [2.45, 2.75) is 52.7 Å². The maximum atomic E-state index is 13.7. The summed E-state index contributed by atoms with van der Waals surface area (Å²) in [5, 5.41) is 14.2. The second-order valence-corrected chi connectivity index (χ2v) is 9.74. The predicted molar refractivity (Wildman–Crippen MR) is 130 cm³/mol. The van der Waals surface area contributed by atoms with Gasteiger partial charge in [-0.15, -0.1) is 0 Å². The van der Waals surface area contributed by atoms with Gasteiger partial charge in [0.25, 0.3) is 5.56 Å². The molecule has 35 heavy (non-hydrogen) atoms. The van der Waals surface area contributed by atoms with Crippen molar-refractivity contribution in [3.8, 4) is 0 Å². The molecule has 1 saturated heterocycles. The minimum Gasteiger partial charge on any atom is -0.480 e. The lowest BCUT2D eigenvalue weighted by atomic mass is 10.1. The average molecular weight is 488 g/mol. The van der Waals surface area contributed by atoms with Crippen molar-refractivity contribution in [1.82, 2.24) is 19.1 Å². The van der Waals surface area contributed by atoms with E-state index >= 15 is 0 Å². The monoisotopic (exact) mass is 487 g/mol. The molecule has 0 aromatic carbocycles. The van der Waals surface area contributed by atoms with E-state index in [2.05, 4.69) is 5.10 Å². The van der Waals surface area contributed by atoms with E-state index in [1.54, 1.807) is 15.5 Å². The number of piperazine rings is 1. The van der Waals surface area contributed by atoms with Gasteiger partial charge in [0.15, 0.2) is 0 Å². The van der Waals surface area contributed by atoms with Crippen LogP contribution < -0.4 is 10.5 Å². The van der Waals surface area contributed by atoms with Crippen molar-refractivity contribution in [1.29, 1.82) is 0 Å². The highest BCUT2D eigenvalue weighted by molar-refractivity contribution is 5.72. The molecule has 1 amide bonds. The van der Waals surface area contributed by atoms with E-state index in [0.29, 0.717) is 75.0 Å². The predicted octanol–water partition coefficient (Wildman–Crippen LogP) is 2.00. The highest BCUT2D eigenvalue weighted by atomic mass is 16.6. The van der Waals surface area contributed by atoms with E-state index in [0.717, 1.165) is 5.57 Å². The Hall–Kier alpha value is -3.34. The molecule has 2 aromatic heterocycles. The number of carbonyl (C=O) groups is 2. The van der Waals surface area contributed by atoms with Gasteiger partial charge < -0.3 is 28.9 Å². The van der Waals surface area contributed by atoms with Gasteiger partial charge in [0.05, 0.1) is 18.9 Å². The summed E-state index contributed by atoms with van der Waals surface area (Å²) in [4.78, 5) is 41.5. The van der Waals surface area contributed by atoms with Crippen LogP contribution in [0.3, 0.4) is 0 Å².